The van der Waals surface area contributed by atoms with Gasteiger partial charge in [-0.15, -0.1) is 0 Å². The average molecular weight is 290 g/mol. The lowest BCUT2D eigenvalue weighted by Gasteiger charge is -2.38. The molecule has 2 rings (SSSR count). The minimum absolute atomic E-state index is 0.00465. The van der Waals surface area contributed by atoms with E-state index in [4.69, 9.17) is 0 Å². The van der Waals surface area contributed by atoms with E-state index < -0.39 is 17.2 Å². The molecule has 0 aromatic carbocycles. The van der Waals surface area contributed by atoms with Crippen LogP contribution in [0.3, 0.4) is 0 Å². The average Bonchev–Trinajstić information content (AvgIpc) is 2.87. The molecule has 0 aromatic rings. The molecule has 1 saturated heterocycles. The van der Waals surface area contributed by atoms with Gasteiger partial charge in [0.25, 0.3) is 0 Å². The van der Waals surface area contributed by atoms with Crippen molar-refractivity contribution in [3.63, 3.8) is 0 Å². The molecule has 6 heteroatoms. The molecule has 1 unspecified atom stereocenters. The molecule has 1 N–H and O–H groups in total. The Balaban J connectivity index is 2.10. The Morgan fingerprint density at radius 3 is 2.55 bits per heavy atom. The fourth-order valence-electron chi connectivity index (χ4n) is 3.06. The minimum Gasteiger partial charge on any atom is -0.338 e. The Labute approximate surface area is 117 Å². The van der Waals surface area contributed by atoms with Gasteiger partial charge in [-0.1, -0.05) is 19.9 Å². The molecule has 1 fully saturated rings. The van der Waals surface area contributed by atoms with Gasteiger partial charge < -0.3 is 10.2 Å². The number of alkyl halides is 3. The van der Waals surface area contributed by atoms with Gasteiger partial charge in [0, 0.05) is 25.2 Å². The van der Waals surface area contributed by atoms with E-state index in [9.17, 15) is 18.0 Å². The smallest absolute Gasteiger partial charge is 0.338 e. The monoisotopic (exact) mass is 290 g/mol. The zero-order valence-corrected chi connectivity index (χ0v) is 11.9. The Morgan fingerprint density at radius 1 is 1.45 bits per heavy atom. The second-order valence-corrected chi connectivity index (χ2v) is 5.97. The van der Waals surface area contributed by atoms with Crippen molar-refractivity contribution >= 4 is 5.91 Å². The highest BCUT2D eigenvalue weighted by Crippen LogP contribution is 2.37. The van der Waals surface area contributed by atoms with Gasteiger partial charge in [-0.3, -0.25) is 4.79 Å². The van der Waals surface area contributed by atoms with E-state index in [0.29, 0.717) is 6.54 Å². The van der Waals surface area contributed by atoms with Crippen molar-refractivity contribution in [2.24, 2.45) is 11.3 Å². The van der Waals surface area contributed by atoms with Gasteiger partial charge in [-0.2, -0.15) is 13.2 Å². The summed E-state index contributed by atoms with van der Waals surface area (Å²) in [5.74, 6) is 0.174. The van der Waals surface area contributed by atoms with Crippen molar-refractivity contribution in [2.75, 3.05) is 26.2 Å². The first-order valence-electron chi connectivity index (χ1n) is 7.04. The molecule has 1 atom stereocenters. The molecular formula is C14H21F3N2O. The third-order valence-electron chi connectivity index (χ3n) is 4.58. The highest BCUT2D eigenvalue weighted by Gasteiger charge is 2.46. The van der Waals surface area contributed by atoms with Gasteiger partial charge in [-0.25, -0.2) is 0 Å². The predicted octanol–water partition coefficient (Wildman–Crippen LogP) is 2.34. The fraction of sp³-hybridized carbons (Fsp3) is 0.786. The van der Waals surface area contributed by atoms with E-state index in [1.807, 2.05) is 13.8 Å². The van der Waals surface area contributed by atoms with Gasteiger partial charge in [-0.05, 0) is 25.3 Å². The summed E-state index contributed by atoms with van der Waals surface area (Å²) in [6.07, 6.45) is -2.45. The van der Waals surface area contributed by atoms with Crippen molar-refractivity contribution in [1.82, 2.24) is 10.2 Å². The number of halogens is 3. The fourth-order valence-corrected chi connectivity index (χ4v) is 3.06. The summed E-state index contributed by atoms with van der Waals surface area (Å²) in [4.78, 5) is 14.3. The van der Waals surface area contributed by atoms with E-state index in [2.05, 4.69) is 5.32 Å². The van der Waals surface area contributed by atoms with Crippen molar-refractivity contribution in [1.29, 1.82) is 0 Å². The molecule has 20 heavy (non-hydrogen) atoms. The molecule has 0 aromatic heterocycles. The SMILES string of the molecule is CC(C)C1(C(=O)N2CC=C(C(F)(F)F)CC2)CCNC1. The first-order chi connectivity index (χ1) is 9.27. The second kappa shape index (κ2) is 5.39. The Hall–Kier alpha value is -1.04. The van der Waals surface area contributed by atoms with E-state index >= 15 is 0 Å². The zero-order valence-electron chi connectivity index (χ0n) is 11.9. The van der Waals surface area contributed by atoms with E-state index in [1.54, 1.807) is 4.90 Å². The van der Waals surface area contributed by atoms with Crippen molar-refractivity contribution < 1.29 is 18.0 Å². The van der Waals surface area contributed by atoms with Crippen LogP contribution in [-0.2, 0) is 4.79 Å². The number of carbonyl (C=O) groups is 1. The summed E-state index contributed by atoms with van der Waals surface area (Å²) in [7, 11) is 0. The van der Waals surface area contributed by atoms with Gasteiger partial charge in [0.2, 0.25) is 5.91 Å². The largest absolute Gasteiger partial charge is 0.412 e. The van der Waals surface area contributed by atoms with Crippen LogP contribution in [0.25, 0.3) is 0 Å². The quantitative estimate of drug-likeness (QED) is 0.792. The van der Waals surface area contributed by atoms with Gasteiger partial charge in [0.05, 0.1) is 5.41 Å². The molecule has 2 aliphatic rings. The topological polar surface area (TPSA) is 32.3 Å². The Bertz CT molecular complexity index is 409. The van der Waals surface area contributed by atoms with Gasteiger partial charge >= 0.3 is 6.18 Å². The van der Waals surface area contributed by atoms with E-state index in [-0.39, 0.29) is 31.3 Å². The lowest BCUT2D eigenvalue weighted by Crippen LogP contribution is -2.49. The van der Waals surface area contributed by atoms with Gasteiger partial charge in [0.1, 0.15) is 0 Å². The summed E-state index contributed by atoms with van der Waals surface area (Å²) in [6, 6.07) is 0. The predicted molar refractivity (Wildman–Crippen MR) is 70.1 cm³/mol. The lowest BCUT2D eigenvalue weighted by molar-refractivity contribution is -0.144. The summed E-state index contributed by atoms with van der Waals surface area (Å²) in [5.41, 5.74) is -0.964. The molecule has 0 radical (unpaired) electrons. The number of nitrogens with one attached hydrogen (secondary N) is 1. The van der Waals surface area contributed by atoms with Crippen LogP contribution in [0.1, 0.15) is 26.7 Å². The summed E-state index contributed by atoms with van der Waals surface area (Å²) >= 11 is 0. The normalized spacial score (nSPS) is 27.9. The molecule has 2 heterocycles. The van der Waals surface area contributed by atoms with Crippen LogP contribution in [0.15, 0.2) is 11.6 Å². The maximum Gasteiger partial charge on any atom is 0.412 e. The molecule has 114 valence electrons. The number of rotatable bonds is 2. The molecule has 0 aliphatic carbocycles. The van der Waals surface area contributed by atoms with Crippen LogP contribution >= 0.6 is 0 Å². The third kappa shape index (κ3) is 2.71. The summed E-state index contributed by atoms with van der Waals surface area (Å²) < 4.78 is 37.8. The number of hydrogen-bond donors (Lipinski definition) is 1. The maximum atomic E-state index is 12.7. The van der Waals surface area contributed by atoms with Crippen LogP contribution in [-0.4, -0.2) is 43.2 Å². The lowest BCUT2D eigenvalue weighted by atomic mass is 9.75. The molecule has 1 amide bonds. The Kier molecular flexibility index (Phi) is 4.14. The van der Waals surface area contributed by atoms with Crippen LogP contribution in [0.2, 0.25) is 0 Å². The molecule has 0 saturated carbocycles. The van der Waals surface area contributed by atoms with Crippen LogP contribution in [0, 0.1) is 11.3 Å². The number of carbonyl (C=O) groups excluding carboxylic acids is 1. The highest BCUT2D eigenvalue weighted by atomic mass is 19.4. The summed E-state index contributed by atoms with van der Waals surface area (Å²) in [6.45, 7) is 5.66. The second-order valence-electron chi connectivity index (χ2n) is 5.97. The zero-order chi connectivity index (χ0) is 15.0. The van der Waals surface area contributed by atoms with Crippen LogP contribution in [0.5, 0.6) is 0 Å². The van der Waals surface area contributed by atoms with Gasteiger partial charge in [0.15, 0.2) is 0 Å². The molecule has 0 spiro atoms. The minimum atomic E-state index is -4.26. The number of hydrogen-bond acceptors (Lipinski definition) is 2. The first kappa shape index (κ1) is 15.4. The van der Waals surface area contributed by atoms with Crippen molar-refractivity contribution in [3.05, 3.63) is 11.6 Å². The summed E-state index contributed by atoms with van der Waals surface area (Å²) in [5, 5.41) is 3.20. The Morgan fingerprint density at radius 2 is 2.15 bits per heavy atom. The standard InChI is InChI=1S/C14H21F3N2O/c1-10(2)13(5-6-18-9-13)12(20)19-7-3-11(4-8-19)14(15,16)17/h3,10,18H,4-9H2,1-2H3. The van der Waals surface area contributed by atoms with Crippen molar-refractivity contribution in [3.8, 4) is 0 Å². The maximum absolute atomic E-state index is 12.7. The molecular weight excluding hydrogens is 269 g/mol. The first-order valence-corrected chi connectivity index (χ1v) is 7.04. The van der Waals surface area contributed by atoms with Crippen molar-refractivity contribution in [2.45, 2.75) is 32.9 Å². The number of amides is 1. The molecule has 2 aliphatic heterocycles. The third-order valence-corrected chi connectivity index (χ3v) is 4.58. The van der Waals surface area contributed by atoms with E-state index in [1.165, 1.54) is 0 Å². The van der Waals surface area contributed by atoms with E-state index in [0.717, 1.165) is 19.0 Å². The molecule has 0 bridgehead atoms. The number of nitrogens with zero attached hydrogens (tertiary/aromatic N) is 1. The van der Waals surface area contributed by atoms with Crippen LogP contribution < -0.4 is 5.32 Å². The van der Waals surface area contributed by atoms with Crippen LogP contribution in [0.4, 0.5) is 13.2 Å². The molecule has 3 nitrogen and oxygen atoms in total. The highest BCUT2D eigenvalue weighted by molar-refractivity contribution is 5.84.